The monoisotopic (exact) mass is 255 g/mol. The first kappa shape index (κ1) is 12.8. The van der Waals surface area contributed by atoms with Crippen LogP contribution in [0, 0.1) is 5.92 Å². The fraction of sp³-hybridized carbons (Fsp3) is 0.538. The smallest absolute Gasteiger partial charge is 0.0895 e. The lowest BCUT2D eigenvalue weighted by atomic mass is 10.0. The minimum absolute atomic E-state index is 0.203. The van der Waals surface area contributed by atoms with E-state index in [1.165, 1.54) is 18.4 Å². The summed E-state index contributed by atoms with van der Waals surface area (Å²) in [5, 5.41) is 22.2. The third-order valence-electron chi connectivity index (χ3n) is 3.11. The van der Waals surface area contributed by atoms with Gasteiger partial charge in [-0.2, -0.15) is 0 Å². The van der Waals surface area contributed by atoms with E-state index in [9.17, 15) is 5.11 Å². The number of nitrogens with one attached hydrogen (secondary N) is 1. The Morgan fingerprint density at radius 1 is 1.29 bits per heavy atom. The van der Waals surface area contributed by atoms with Crippen molar-refractivity contribution in [3.63, 3.8) is 0 Å². The van der Waals surface area contributed by atoms with Crippen molar-refractivity contribution in [2.24, 2.45) is 5.92 Å². The van der Waals surface area contributed by atoms with Gasteiger partial charge >= 0.3 is 0 Å². The standard InChI is InChI=1S/C13H18ClNO2/c14-11-5-3-10(4-6-11)13(9-1-2-9)15-7-12(17)8-16/h3-6,9,12-13,15-17H,1-2,7-8H2. The van der Waals surface area contributed by atoms with Crippen molar-refractivity contribution in [1.29, 1.82) is 0 Å². The Bertz CT molecular complexity index is 351. The predicted molar refractivity (Wildman–Crippen MR) is 68.0 cm³/mol. The number of halogens is 1. The van der Waals surface area contributed by atoms with E-state index in [-0.39, 0.29) is 12.6 Å². The van der Waals surface area contributed by atoms with Crippen molar-refractivity contribution in [3.8, 4) is 0 Å². The Morgan fingerprint density at radius 3 is 2.47 bits per heavy atom. The molecule has 2 rings (SSSR count). The van der Waals surface area contributed by atoms with Crippen LogP contribution in [0.2, 0.25) is 5.02 Å². The lowest BCUT2D eigenvalue weighted by molar-refractivity contribution is 0.0911. The zero-order valence-electron chi connectivity index (χ0n) is 9.64. The molecule has 0 aromatic heterocycles. The highest BCUT2D eigenvalue weighted by atomic mass is 35.5. The van der Waals surface area contributed by atoms with E-state index in [1.54, 1.807) is 0 Å². The highest BCUT2D eigenvalue weighted by molar-refractivity contribution is 6.30. The fourth-order valence-electron chi connectivity index (χ4n) is 1.98. The number of hydrogen-bond acceptors (Lipinski definition) is 3. The van der Waals surface area contributed by atoms with E-state index >= 15 is 0 Å². The molecule has 1 aromatic carbocycles. The summed E-state index contributed by atoms with van der Waals surface area (Å²) in [5.41, 5.74) is 1.20. The van der Waals surface area contributed by atoms with Crippen molar-refractivity contribution in [3.05, 3.63) is 34.9 Å². The Labute approximate surface area is 106 Å². The van der Waals surface area contributed by atoms with Crippen LogP contribution in [0.4, 0.5) is 0 Å². The summed E-state index contributed by atoms with van der Waals surface area (Å²) in [4.78, 5) is 0. The Balaban J connectivity index is 1.99. The molecule has 0 spiro atoms. The van der Waals surface area contributed by atoms with E-state index in [0.29, 0.717) is 12.5 Å². The molecule has 2 unspecified atom stereocenters. The number of hydrogen-bond donors (Lipinski definition) is 3. The van der Waals surface area contributed by atoms with Crippen molar-refractivity contribution >= 4 is 11.6 Å². The van der Waals surface area contributed by atoms with Crippen LogP contribution in [0.5, 0.6) is 0 Å². The maximum Gasteiger partial charge on any atom is 0.0895 e. The van der Waals surface area contributed by atoms with Crippen molar-refractivity contribution in [1.82, 2.24) is 5.32 Å². The molecule has 3 N–H and O–H groups in total. The molecule has 0 heterocycles. The topological polar surface area (TPSA) is 52.5 Å². The predicted octanol–water partition coefficient (Wildman–Crippen LogP) is 1.73. The second-order valence-electron chi connectivity index (χ2n) is 4.61. The molecule has 0 bridgehead atoms. The van der Waals surface area contributed by atoms with E-state index < -0.39 is 6.10 Å². The highest BCUT2D eigenvalue weighted by Gasteiger charge is 2.32. The second kappa shape index (κ2) is 5.83. The molecule has 17 heavy (non-hydrogen) atoms. The summed E-state index contributed by atoms with van der Waals surface area (Å²) in [7, 11) is 0. The maximum absolute atomic E-state index is 9.37. The molecule has 1 saturated carbocycles. The summed E-state index contributed by atoms with van der Waals surface area (Å²) >= 11 is 5.87. The third-order valence-corrected chi connectivity index (χ3v) is 3.36. The molecular weight excluding hydrogens is 238 g/mol. The second-order valence-corrected chi connectivity index (χ2v) is 5.05. The SMILES string of the molecule is OCC(O)CNC(c1ccc(Cl)cc1)C1CC1. The van der Waals surface area contributed by atoms with Crippen molar-refractivity contribution in [2.75, 3.05) is 13.2 Å². The molecule has 0 aliphatic heterocycles. The number of aliphatic hydroxyl groups is 2. The van der Waals surface area contributed by atoms with Gasteiger partial charge in [-0.1, -0.05) is 23.7 Å². The molecule has 0 saturated heterocycles. The number of rotatable bonds is 6. The van der Waals surface area contributed by atoms with Crippen molar-refractivity contribution in [2.45, 2.75) is 25.0 Å². The fourth-order valence-corrected chi connectivity index (χ4v) is 2.11. The van der Waals surface area contributed by atoms with Gasteiger partial charge in [0.05, 0.1) is 12.7 Å². The van der Waals surface area contributed by atoms with Gasteiger partial charge in [-0.05, 0) is 36.5 Å². The molecule has 4 heteroatoms. The van der Waals surface area contributed by atoms with Gasteiger partial charge in [0.2, 0.25) is 0 Å². The van der Waals surface area contributed by atoms with Crippen LogP contribution in [0.25, 0.3) is 0 Å². The zero-order valence-corrected chi connectivity index (χ0v) is 10.4. The van der Waals surface area contributed by atoms with Gasteiger partial charge in [-0.25, -0.2) is 0 Å². The molecule has 94 valence electrons. The van der Waals surface area contributed by atoms with Crippen molar-refractivity contribution < 1.29 is 10.2 Å². The molecule has 1 fully saturated rings. The van der Waals surface area contributed by atoms with Crippen LogP contribution in [-0.4, -0.2) is 29.5 Å². The lowest BCUT2D eigenvalue weighted by Gasteiger charge is -2.20. The quantitative estimate of drug-likeness (QED) is 0.726. The van der Waals surface area contributed by atoms with Gasteiger partial charge < -0.3 is 15.5 Å². The van der Waals surface area contributed by atoms with Crippen LogP contribution in [0.1, 0.15) is 24.4 Å². The van der Waals surface area contributed by atoms with E-state index in [1.807, 2.05) is 24.3 Å². The highest BCUT2D eigenvalue weighted by Crippen LogP contribution is 2.41. The van der Waals surface area contributed by atoms with Gasteiger partial charge in [0, 0.05) is 17.6 Å². The van der Waals surface area contributed by atoms with Gasteiger partial charge in [-0.3, -0.25) is 0 Å². The molecule has 0 radical (unpaired) electrons. The van der Waals surface area contributed by atoms with Gasteiger partial charge in [0.1, 0.15) is 0 Å². The normalized spacial score (nSPS) is 19.0. The number of benzene rings is 1. The Morgan fingerprint density at radius 2 is 1.94 bits per heavy atom. The first-order chi connectivity index (χ1) is 8.20. The first-order valence-corrected chi connectivity index (χ1v) is 6.36. The summed E-state index contributed by atoms with van der Waals surface area (Å²) < 4.78 is 0. The van der Waals surface area contributed by atoms with E-state index in [0.717, 1.165) is 5.02 Å². The molecule has 1 aliphatic carbocycles. The molecule has 1 aromatic rings. The van der Waals surface area contributed by atoms with Gasteiger partial charge in [0.15, 0.2) is 0 Å². The summed E-state index contributed by atoms with van der Waals surface area (Å²) in [5.74, 6) is 0.641. The van der Waals surface area contributed by atoms with Gasteiger partial charge in [0.25, 0.3) is 0 Å². The van der Waals surface area contributed by atoms with Crippen LogP contribution >= 0.6 is 11.6 Å². The van der Waals surface area contributed by atoms with Crippen LogP contribution in [0.3, 0.4) is 0 Å². The van der Waals surface area contributed by atoms with E-state index in [2.05, 4.69) is 5.32 Å². The van der Waals surface area contributed by atoms with Crippen LogP contribution in [-0.2, 0) is 0 Å². The Hall–Kier alpha value is -0.610. The molecule has 0 amide bonds. The first-order valence-electron chi connectivity index (χ1n) is 5.98. The molecular formula is C13H18ClNO2. The summed E-state index contributed by atoms with van der Waals surface area (Å²) in [6.45, 7) is 0.214. The van der Waals surface area contributed by atoms with E-state index in [4.69, 9.17) is 16.7 Å². The number of aliphatic hydroxyl groups excluding tert-OH is 2. The van der Waals surface area contributed by atoms with Gasteiger partial charge in [-0.15, -0.1) is 0 Å². The minimum Gasteiger partial charge on any atom is -0.394 e. The Kier molecular flexibility index (Phi) is 4.40. The zero-order chi connectivity index (χ0) is 12.3. The lowest BCUT2D eigenvalue weighted by Crippen LogP contribution is -2.33. The average molecular weight is 256 g/mol. The largest absolute Gasteiger partial charge is 0.394 e. The minimum atomic E-state index is -0.691. The maximum atomic E-state index is 9.37. The summed E-state index contributed by atoms with van der Waals surface area (Å²) in [6.07, 6.45) is 1.74. The molecule has 2 atom stereocenters. The third kappa shape index (κ3) is 3.68. The molecule has 3 nitrogen and oxygen atoms in total. The average Bonchev–Trinajstić information content (AvgIpc) is 3.15. The van der Waals surface area contributed by atoms with Crippen LogP contribution in [0.15, 0.2) is 24.3 Å². The molecule has 1 aliphatic rings. The summed E-state index contributed by atoms with van der Waals surface area (Å²) in [6, 6.07) is 8.06. The van der Waals surface area contributed by atoms with Crippen LogP contribution < -0.4 is 5.32 Å².